The summed E-state index contributed by atoms with van der Waals surface area (Å²) in [5.41, 5.74) is 5.28. The molecule has 1 aliphatic rings. The van der Waals surface area contributed by atoms with Gasteiger partial charge in [0, 0.05) is 4.47 Å². The first-order valence-electron chi connectivity index (χ1n) is 10.9. The highest BCUT2D eigenvalue weighted by Gasteiger charge is 2.46. The zero-order valence-electron chi connectivity index (χ0n) is 17.5. The van der Waals surface area contributed by atoms with Gasteiger partial charge in [-0.25, -0.2) is 0 Å². The minimum Gasteiger partial charge on any atom is -0.0623 e. The van der Waals surface area contributed by atoms with Crippen molar-refractivity contribution in [3.8, 4) is 22.3 Å². The van der Waals surface area contributed by atoms with Crippen LogP contribution in [0.2, 0.25) is 0 Å². The van der Waals surface area contributed by atoms with Crippen LogP contribution in [0, 0.1) is 0 Å². The monoisotopic (exact) mass is 488 g/mol. The highest BCUT2D eigenvalue weighted by Crippen LogP contribution is 2.36. The third-order valence-corrected chi connectivity index (χ3v) is 12.0. The van der Waals surface area contributed by atoms with Crippen LogP contribution < -0.4 is 20.7 Å². The van der Waals surface area contributed by atoms with Crippen molar-refractivity contribution in [3.05, 3.63) is 132 Å². The molecule has 2 heteroatoms. The lowest BCUT2D eigenvalue weighted by molar-refractivity contribution is 1.61. The fraction of sp³-hybridized carbons (Fsp3) is 0. The minimum absolute atomic E-state index is 1.11. The summed E-state index contributed by atoms with van der Waals surface area (Å²) in [6.45, 7) is 0. The number of rotatable bonds is 2. The molecule has 1 heterocycles. The average molecular weight is 489 g/mol. The summed E-state index contributed by atoms with van der Waals surface area (Å²) in [6.07, 6.45) is 0. The van der Waals surface area contributed by atoms with Crippen molar-refractivity contribution in [1.82, 2.24) is 0 Å². The molecule has 0 unspecified atom stereocenters. The van der Waals surface area contributed by atoms with Crippen molar-refractivity contribution in [2.45, 2.75) is 0 Å². The number of benzene rings is 5. The zero-order valence-corrected chi connectivity index (χ0v) is 20.1. The molecule has 0 aromatic heterocycles. The Hall–Kier alpha value is -3.20. The molecule has 0 atom stereocenters. The standard InChI is InChI=1S/C30H21BrSi/c31-22-19-20-30-28(21-22)26-16-8-7-15-25(26)27-17-9-10-18-29(27)32(30,23-11-3-1-4-12-23)24-13-5-2-6-14-24/h1-21H. The van der Waals surface area contributed by atoms with E-state index in [1.165, 1.54) is 43.0 Å². The van der Waals surface area contributed by atoms with Crippen molar-refractivity contribution in [2.75, 3.05) is 0 Å². The Morgan fingerprint density at radius 3 is 1.50 bits per heavy atom. The van der Waals surface area contributed by atoms with Crippen LogP contribution in [0.3, 0.4) is 0 Å². The van der Waals surface area contributed by atoms with E-state index in [2.05, 4.69) is 143 Å². The summed E-state index contributed by atoms with van der Waals surface area (Å²) >= 11 is 3.77. The lowest BCUT2D eigenvalue weighted by Gasteiger charge is -2.35. The quantitative estimate of drug-likeness (QED) is 0.283. The smallest absolute Gasteiger partial charge is 0.0623 e. The first-order valence-corrected chi connectivity index (χ1v) is 13.7. The highest BCUT2D eigenvalue weighted by molar-refractivity contribution is 9.10. The lowest BCUT2D eigenvalue weighted by Crippen LogP contribution is -2.75. The van der Waals surface area contributed by atoms with E-state index < -0.39 is 8.07 Å². The van der Waals surface area contributed by atoms with Crippen molar-refractivity contribution < 1.29 is 0 Å². The van der Waals surface area contributed by atoms with Gasteiger partial charge in [0.25, 0.3) is 0 Å². The van der Waals surface area contributed by atoms with Gasteiger partial charge in [-0.15, -0.1) is 0 Å². The third-order valence-electron chi connectivity index (χ3n) is 6.64. The van der Waals surface area contributed by atoms with Gasteiger partial charge < -0.3 is 0 Å². The predicted molar refractivity (Wildman–Crippen MR) is 142 cm³/mol. The van der Waals surface area contributed by atoms with E-state index in [9.17, 15) is 0 Å². The predicted octanol–water partition coefficient (Wildman–Crippen LogP) is 5.47. The summed E-state index contributed by atoms with van der Waals surface area (Å²) in [7, 11) is -2.57. The van der Waals surface area contributed by atoms with Gasteiger partial charge in [-0.1, -0.05) is 131 Å². The Morgan fingerprint density at radius 2 is 0.875 bits per heavy atom. The molecule has 152 valence electrons. The van der Waals surface area contributed by atoms with Gasteiger partial charge in [-0.05, 0) is 55.1 Å². The summed E-state index contributed by atoms with van der Waals surface area (Å²) < 4.78 is 1.11. The van der Waals surface area contributed by atoms with Crippen LogP contribution in [0.15, 0.2) is 132 Å². The van der Waals surface area contributed by atoms with Crippen molar-refractivity contribution in [1.29, 1.82) is 0 Å². The maximum atomic E-state index is 3.77. The van der Waals surface area contributed by atoms with Gasteiger partial charge in [-0.2, -0.15) is 0 Å². The van der Waals surface area contributed by atoms with Crippen LogP contribution in [0.1, 0.15) is 0 Å². The second kappa shape index (κ2) is 7.74. The summed E-state index contributed by atoms with van der Waals surface area (Å²) in [5, 5.41) is 5.71. The van der Waals surface area contributed by atoms with Gasteiger partial charge in [0.15, 0.2) is 8.07 Å². The normalized spacial score (nSPS) is 13.4. The van der Waals surface area contributed by atoms with E-state index in [-0.39, 0.29) is 0 Å². The molecule has 6 rings (SSSR count). The topological polar surface area (TPSA) is 0 Å². The fourth-order valence-electron chi connectivity index (χ4n) is 5.37. The molecule has 1 aliphatic heterocycles. The lowest BCUT2D eigenvalue weighted by atomic mass is 9.95. The van der Waals surface area contributed by atoms with Crippen LogP contribution >= 0.6 is 15.9 Å². The molecule has 0 radical (unpaired) electrons. The van der Waals surface area contributed by atoms with Crippen LogP contribution in [-0.4, -0.2) is 8.07 Å². The van der Waals surface area contributed by atoms with E-state index >= 15 is 0 Å². The number of hydrogen-bond donors (Lipinski definition) is 0. The van der Waals surface area contributed by atoms with Crippen LogP contribution in [0.4, 0.5) is 0 Å². The molecule has 0 saturated heterocycles. The number of halogens is 1. The van der Waals surface area contributed by atoms with Crippen LogP contribution in [0.5, 0.6) is 0 Å². The molecular formula is C30H21BrSi. The Kier molecular flexibility index (Phi) is 4.71. The Balaban J connectivity index is 1.89. The van der Waals surface area contributed by atoms with Gasteiger partial charge in [0.1, 0.15) is 0 Å². The molecule has 0 saturated carbocycles. The summed E-state index contributed by atoms with van der Waals surface area (Å²) in [4.78, 5) is 0. The zero-order chi connectivity index (χ0) is 21.5. The minimum atomic E-state index is -2.57. The molecule has 0 spiro atoms. The van der Waals surface area contributed by atoms with E-state index in [1.54, 1.807) is 0 Å². The molecular weight excluding hydrogens is 468 g/mol. The van der Waals surface area contributed by atoms with Gasteiger partial charge in [0.2, 0.25) is 0 Å². The van der Waals surface area contributed by atoms with Gasteiger partial charge >= 0.3 is 0 Å². The SMILES string of the molecule is Brc1ccc2c(c1)-c1ccccc1-c1ccccc1[Si]2(c1ccccc1)c1ccccc1. The van der Waals surface area contributed by atoms with Crippen molar-refractivity contribution in [3.63, 3.8) is 0 Å². The molecule has 0 bridgehead atoms. The molecule has 0 nitrogen and oxygen atoms in total. The average Bonchev–Trinajstić information content (AvgIpc) is 2.97. The number of fused-ring (bicyclic) bond motifs is 5. The largest absolute Gasteiger partial charge is 0.180 e. The summed E-state index contributed by atoms with van der Waals surface area (Å²) in [5.74, 6) is 0. The third kappa shape index (κ3) is 2.80. The molecule has 5 aromatic rings. The molecule has 0 aliphatic carbocycles. The Morgan fingerprint density at radius 1 is 0.406 bits per heavy atom. The van der Waals surface area contributed by atoms with E-state index in [0.717, 1.165) is 4.47 Å². The Bertz CT molecular complexity index is 1380. The molecule has 32 heavy (non-hydrogen) atoms. The Labute approximate surface area is 198 Å². The van der Waals surface area contributed by atoms with E-state index in [1.807, 2.05) is 0 Å². The maximum absolute atomic E-state index is 3.77. The second-order valence-electron chi connectivity index (χ2n) is 8.26. The molecule has 0 N–H and O–H groups in total. The van der Waals surface area contributed by atoms with E-state index in [0.29, 0.717) is 0 Å². The number of hydrogen-bond acceptors (Lipinski definition) is 0. The molecule has 5 aromatic carbocycles. The van der Waals surface area contributed by atoms with Crippen LogP contribution in [0.25, 0.3) is 22.3 Å². The second-order valence-corrected chi connectivity index (χ2v) is 12.9. The van der Waals surface area contributed by atoms with Crippen LogP contribution in [-0.2, 0) is 0 Å². The molecule has 0 amide bonds. The maximum Gasteiger partial charge on any atom is 0.180 e. The van der Waals surface area contributed by atoms with Gasteiger partial charge in [0.05, 0.1) is 0 Å². The van der Waals surface area contributed by atoms with Crippen molar-refractivity contribution >= 4 is 44.8 Å². The first-order chi connectivity index (χ1) is 15.8. The summed E-state index contributed by atoms with van der Waals surface area (Å²) in [6, 6.07) is 47.1. The molecule has 0 fully saturated rings. The fourth-order valence-corrected chi connectivity index (χ4v) is 10.9. The highest BCUT2D eigenvalue weighted by atomic mass is 79.9. The van der Waals surface area contributed by atoms with E-state index in [4.69, 9.17) is 0 Å². The van der Waals surface area contributed by atoms with Crippen molar-refractivity contribution in [2.24, 2.45) is 0 Å². The van der Waals surface area contributed by atoms with Gasteiger partial charge in [-0.3, -0.25) is 0 Å². The first kappa shape index (κ1) is 19.5.